The van der Waals surface area contributed by atoms with Crippen LogP contribution >= 0.6 is 11.8 Å². The number of amides is 2. The highest BCUT2D eigenvalue weighted by atomic mass is 32.2. The Morgan fingerprint density at radius 3 is 2.51 bits per heavy atom. The summed E-state index contributed by atoms with van der Waals surface area (Å²) in [7, 11) is 1.55. The molecule has 10 heteroatoms. The summed E-state index contributed by atoms with van der Waals surface area (Å²) in [5.41, 5.74) is 4.67. The molecule has 1 aromatic heterocycles. The molecule has 0 atom stereocenters. The van der Waals surface area contributed by atoms with Gasteiger partial charge in [0.05, 0.1) is 24.2 Å². The van der Waals surface area contributed by atoms with Gasteiger partial charge in [0.25, 0.3) is 5.91 Å². The fourth-order valence-corrected chi connectivity index (χ4v) is 4.12. The maximum atomic E-state index is 12.6. The Hall–Kier alpha value is -4.18. The van der Waals surface area contributed by atoms with Gasteiger partial charge in [-0.2, -0.15) is 4.68 Å². The van der Waals surface area contributed by atoms with Gasteiger partial charge in [-0.05, 0) is 72.3 Å². The Bertz CT molecular complexity index is 1350. The number of ether oxygens (including phenoxy) is 1. The fraction of sp³-hybridized carbons (Fsp3) is 0.160. The van der Waals surface area contributed by atoms with Crippen molar-refractivity contribution in [3.63, 3.8) is 0 Å². The summed E-state index contributed by atoms with van der Waals surface area (Å²) >= 11 is 1.24. The number of hydrogen-bond acceptors (Lipinski definition) is 7. The number of nitrogens with zero attached hydrogens (tertiary/aromatic N) is 4. The zero-order chi connectivity index (χ0) is 24.8. The molecule has 0 radical (unpaired) electrons. The van der Waals surface area contributed by atoms with Crippen LogP contribution in [0.4, 0.5) is 11.4 Å². The highest BCUT2D eigenvalue weighted by molar-refractivity contribution is 7.99. The van der Waals surface area contributed by atoms with E-state index in [1.165, 1.54) is 11.8 Å². The molecule has 0 spiro atoms. The molecule has 2 amide bonds. The van der Waals surface area contributed by atoms with Gasteiger partial charge in [0.1, 0.15) is 5.75 Å². The zero-order valence-corrected chi connectivity index (χ0v) is 20.3. The van der Waals surface area contributed by atoms with Gasteiger partial charge in [-0.25, -0.2) is 0 Å². The SMILES string of the molecule is COc1ccccc1NC(=O)c1ccc(NC(=O)CSc2nnnn2-c2ccc(C)cc2C)cc1. The van der Waals surface area contributed by atoms with Crippen LogP contribution in [0.25, 0.3) is 5.69 Å². The summed E-state index contributed by atoms with van der Waals surface area (Å²) in [5, 5.41) is 18.0. The second-order valence-electron chi connectivity index (χ2n) is 7.73. The average molecular weight is 489 g/mol. The molecule has 0 saturated heterocycles. The molecule has 0 saturated carbocycles. The van der Waals surface area contributed by atoms with Crippen LogP contribution in [-0.2, 0) is 4.79 Å². The molecule has 0 aliphatic heterocycles. The minimum atomic E-state index is -0.277. The summed E-state index contributed by atoms with van der Waals surface area (Å²) < 4.78 is 6.89. The summed E-state index contributed by atoms with van der Waals surface area (Å²) in [5.74, 6) is 0.213. The van der Waals surface area contributed by atoms with Gasteiger partial charge < -0.3 is 15.4 Å². The van der Waals surface area contributed by atoms with Crippen LogP contribution in [0.15, 0.2) is 71.9 Å². The summed E-state index contributed by atoms with van der Waals surface area (Å²) in [6.45, 7) is 4.02. The third-order valence-electron chi connectivity index (χ3n) is 5.14. The highest BCUT2D eigenvalue weighted by Gasteiger charge is 2.14. The fourth-order valence-electron chi connectivity index (χ4n) is 3.44. The van der Waals surface area contributed by atoms with Gasteiger partial charge in [0.2, 0.25) is 11.1 Å². The standard InChI is InChI=1S/C25H24N6O3S/c1-16-8-13-21(17(2)14-16)31-25(28-29-30-31)35-15-23(32)26-19-11-9-18(10-12-19)24(33)27-20-6-4-5-7-22(20)34-3/h4-14H,15H2,1-3H3,(H,26,32)(H,27,33). The first-order valence-electron chi connectivity index (χ1n) is 10.8. The van der Waals surface area contributed by atoms with Crippen molar-refractivity contribution in [2.45, 2.75) is 19.0 Å². The lowest BCUT2D eigenvalue weighted by atomic mass is 10.1. The lowest BCUT2D eigenvalue weighted by Crippen LogP contribution is -2.15. The molecule has 0 bridgehead atoms. The van der Waals surface area contributed by atoms with Crippen molar-refractivity contribution in [3.05, 3.63) is 83.4 Å². The first kappa shape index (κ1) is 24.0. The maximum Gasteiger partial charge on any atom is 0.255 e. The summed E-state index contributed by atoms with van der Waals surface area (Å²) in [6, 6.07) is 19.8. The zero-order valence-electron chi connectivity index (χ0n) is 19.5. The molecule has 3 aromatic carbocycles. The van der Waals surface area contributed by atoms with Crippen LogP contribution in [0, 0.1) is 13.8 Å². The molecule has 0 unspecified atom stereocenters. The van der Waals surface area contributed by atoms with E-state index in [0.717, 1.165) is 16.8 Å². The van der Waals surface area contributed by atoms with E-state index >= 15 is 0 Å². The largest absolute Gasteiger partial charge is 0.495 e. The molecule has 1 heterocycles. The quantitative estimate of drug-likeness (QED) is 0.356. The van der Waals surface area contributed by atoms with Gasteiger partial charge in [-0.3, -0.25) is 9.59 Å². The molecule has 0 fully saturated rings. The predicted molar refractivity (Wildman–Crippen MR) is 135 cm³/mol. The van der Waals surface area contributed by atoms with Crippen molar-refractivity contribution in [1.82, 2.24) is 20.2 Å². The third kappa shape index (κ3) is 5.85. The van der Waals surface area contributed by atoms with E-state index in [2.05, 4.69) is 32.2 Å². The number of anilines is 2. The number of aryl methyl sites for hydroxylation is 2. The van der Waals surface area contributed by atoms with E-state index in [-0.39, 0.29) is 17.6 Å². The van der Waals surface area contributed by atoms with Crippen LogP contribution in [0.5, 0.6) is 5.75 Å². The van der Waals surface area contributed by atoms with Crippen molar-refractivity contribution < 1.29 is 14.3 Å². The van der Waals surface area contributed by atoms with E-state index in [1.54, 1.807) is 48.2 Å². The second-order valence-corrected chi connectivity index (χ2v) is 8.67. The number of rotatable bonds is 8. The van der Waals surface area contributed by atoms with Crippen LogP contribution < -0.4 is 15.4 Å². The predicted octanol–water partition coefficient (Wildman–Crippen LogP) is 4.27. The van der Waals surface area contributed by atoms with Crippen molar-refractivity contribution in [2.24, 2.45) is 0 Å². The van der Waals surface area contributed by atoms with E-state index in [1.807, 2.05) is 38.1 Å². The molecular formula is C25H24N6O3S. The summed E-state index contributed by atoms with van der Waals surface area (Å²) in [6.07, 6.45) is 0. The van der Waals surface area contributed by atoms with Crippen molar-refractivity contribution in [1.29, 1.82) is 0 Å². The smallest absolute Gasteiger partial charge is 0.255 e. The van der Waals surface area contributed by atoms with E-state index in [4.69, 9.17) is 4.74 Å². The van der Waals surface area contributed by atoms with Crippen LogP contribution in [0.1, 0.15) is 21.5 Å². The minimum absolute atomic E-state index is 0.126. The molecule has 2 N–H and O–H groups in total. The number of hydrogen-bond donors (Lipinski definition) is 2. The van der Waals surface area contributed by atoms with Gasteiger partial charge in [-0.15, -0.1) is 5.10 Å². The Morgan fingerprint density at radius 2 is 1.77 bits per heavy atom. The topological polar surface area (TPSA) is 111 Å². The minimum Gasteiger partial charge on any atom is -0.495 e. The highest BCUT2D eigenvalue weighted by Crippen LogP contribution is 2.24. The first-order chi connectivity index (χ1) is 16.9. The van der Waals surface area contributed by atoms with Gasteiger partial charge in [0, 0.05) is 11.3 Å². The number of carbonyl (C=O) groups is 2. The first-order valence-corrected chi connectivity index (χ1v) is 11.8. The molecule has 178 valence electrons. The number of thioether (sulfide) groups is 1. The molecule has 9 nitrogen and oxygen atoms in total. The van der Waals surface area contributed by atoms with Gasteiger partial charge in [-0.1, -0.05) is 41.6 Å². The lowest BCUT2D eigenvalue weighted by molar-refractivity contribution is -0.113. The Morgan fingerprint density at radius 1 is 1.00 bits per heavy atom. The van der Waals surface area contributed by atoms with Gasteiger partial charge >= 0.3 is 0 Å². The van der Waals surface area contributed by atoms with Crippen LogP contribution in [0.3, 0.4) is 0 Å². The Labute approximate surface area is 206 Å². The molecule has 0 aliphatic carbocycles. The maximum absolute atomic E-state index is 12.6. The van der Waals surface area contributed by atoms with Crippen LogP contribution in [-0.4, -0.2) is 44.9 Å². The molecule has 0 aliphatic rings. The van der Waals surface area contributed by atoms with Crippen molar-refractivity contribution >= 4 is 35.0 Å². The molecule has 4 aromatic rings. The van der Waals surface area contributed by atoms with Crippen molar-refractivity contribution in [2.75, 3.05) is 23.5 Å². The lowest BCUT2D eigenvalue weighted by Gasteiger charge is -2.10. The number of carbonyl (C=O) groups excluding carboxylic acids is 2. The number of benzene rings is 3. The average Bonchev–Trinajstić information content (AvgIpc) is 3.32. The normalized spacial score (nSPS) is 10.6. The third-order valence-corrected chi connectivity index (χ3v) is 6.06. The van der Waals surface area contributed by atoms with Crippen LogP contribution in [0.2, 0.25) is 0 Å². The van der Waals surface area contributed by atoms with Crippen molar-refractivity contribution in [3.8, 4) is 11.4 Å². The number of para-hydroxylation sites is 2. The van der Waals surface area contributed by atoms with E-state index < -0.39 is 0 Å². The van der Waals surface area contributed by atoms with E-state index in [0.29, 0.717) is 27.8 Å². The number of aromatic nitrogens is 4. The number of tetrazole rings is 1. The second kappa shape index (κ2) is 10.8. The monoisotopic (exact) mass is 488 g/mol. The van der Waals surface area contributed by atoms with Gasteiger partial charge in [0.15, 0.2) is 0 Å². The molecule has 4 rings (SSSR count). The number of methoxy groups -OCH3 is 1. The number of nitrogens with one attached hydrogen (secondary N) is 2. The molecule has 35 heavy (non-hydrogen) atoms. The molecular weight excluding hydrogens is 464 g/mol. The van der Waals surface area contributed by atoms with E-state index in [9.17, 15) is 9.59 Å². The summed E-state index contributed by atoms with van der Waals surface area (Å²) in [4.78, 5) is 25.1. The Balaban J connectivity index is 1.34. The Kier molecular flexibility index (Phi) is 7.41.